The molecule has 0 aliphatic rings. The topological polar surface area (TPSA) is 46.5 Å². The first kappa shape index (κ1) is 10.0. The molecule has 0 spiro atoms. The molecule has 0 heterocycles. The molecule has 0 aliphatic carbocycles. The van der Waals surface area contributed by atoms with Gasteiger partial charge in [0.2, 0.25) is 0 Å². The van der Waals surface area contributed by atoms with E-state index in [0.717, 1.165) is 0 Å². The van der Waals surface area contributed by atoms with Crippen LogP contribution in [0.4, 0.5) is 8.78 Å². The number of halogens is 2. The van der Waals surface area contributed by atoms with E-state index in [1.165, 1.54) is 6.92 Å². The summed E-state index contributed by atoms with van der Waals surface area (Å²) in [5, 5.41) is 7.81. The maximum Gasteiger partial charge on any atom is 0.387 e. The number of hydrogen-bond donors (Lipinski definition) is 1. The molecule has 0 atom stereocenters. The van der Waals surface area contributed by atoms with E-state index in [1.807, 2.05) is 0 Å². The number of esters is 1. The Labute approximate surface area is 62.3 Å². The molecule has 64 valence electrons. The lowest BCUT2D eigenvalue weighted by Crippen LogP contribution is -2.24. The van der Waals surface area contributed by atoms with Gasteiger partial charge in [-0.25, -0.2) is 4.79 Å². The predicted octanol–water partition coefficient (Wildman–Crippen LogP) is 0.691. The zero-order valence-electron chi connectivity index (χ0n) is 5.93. The summed E-state index contributed by atoms with van der Waals surface area (Å²) in [7, 11) is 0. The zero-order valence-corrected chi connectivity index (χ0v) is 5.93. The minimum Gasteiger partial charge on any atom is -0.453 e. The Morgan fingerprint density at radius 2 is 2.18 bits per heavy atom. The second-order valence-corrected chi connectivity index (χ2v) is 2.02. The highest BCUT2D eigenvalue weighted by atomic mass is 19.3. The fourth-order valence-electron chi connectivity index (χ4n) is 0.276. The van der Waals surface area contributed by atoms with Crippen LogP contribution >= 0.6 is 0 Å². The van der Waals surface area contributed by atoms with E-state index in [1.54, 1.807) is 0 Å². The van der Waals surface area contributed by atoms with Crippen LogP contribution in [0, 0.1) is 0 Å². The number of hydrogen-bond acceptors (Lipinski definition) is 3. The molecule has 0 amide bonds. The highest BCUT2D eigenvalue weighted by molar-refractivity contribution is 5.86. The minimum absolute atomic E-state index is 0.00856. The van der Waals surface area contributed by atoms with Crippen LogP contribution in [0.5, 0.6) is 0 Å². The maximum atomic E-state index is 11.6. The van der Waals surface area contributed by atoms with Crippen molar-refractivity contribution in [2.75, 3.05) is 6.61 Å². The van der Waals surface area contributed by atoms with Gasteiger partial charge in [-0.1, -0.05) is 6.58 Å². The number of carbonyl (C=O) groups is 1. The van der Waals surface area contributed by atoms with Crippen LogP contribution in [0.3, 0.4) is 0 Å². The summed E-state index contributed by atoms with van der Waals surface area (Å²) in [5.74, 6) is -0.946. The second kappa shape index (κ2) is 3.43. The van der Waals surface area contributed by atoms with Crippen LogP contribution in [-0.2, 0) is 9.53 Å². The van der Waals surface area contributed by atoms with Crippen LogP contribution in [0.2, 0.25) is 0 Å². The van der Waals surface area contributed by atoms with Crippen molar-refractivity contribution in [1.82, 2.24) is 0 Å². The molecule has 0 saturated carbocycles. The average molecular weight is 166 g/mol. The van der Waals surface area contributed by atoms with Gasteiger partial charge in [-0.15, -0.1) is 0 Å². The lowest BCUT2D eigenvalue weighted by molar-refractivity contribution is -0.229. The summed E-state index contributed by atoms with van der Waals surface area (Å²) in [6, 6.07) is 0. The third kappa shape index (κ3) is 5.47. The fourth-order valence-corrected chi connectivity index (χ4v) is 0.276. The molecule has 3 nitrogen and oxygen atoms in total. The number of ether oxygens (including phenoxy) is 1. The Hall–Kier alpha value is -0.970. The van der Waals surface area contributed by atoms with Gasteiger partial charge in [0, 0.05) is 5.57 Å². The van der Waals surface area contributed by atoms with Crippen LogP contribution in [0.25, 0.3) is 0 Å². The first-order valence-electron chi connectivity index (χ1n) is 2.76. The van der Waals surface area contributed by atoms with E-state index in [4.69, 9.17) is 5.11 Å². The summed E-state index contributed by atoms with van der Waals surface area (Å²) >= 11 is 0. The Bertz CT molecular complexity index is 171. The van der Waals surface area contributed by atoms with Crippen molar-refractivity contribution in [3.05, 3.63) is 12.2 Å². The van der Waals surface area contributed by atoms with E-state index in [0.29, 0.717) is 0 Å². The standard InChI is InChI=1S/C6H8F2O3/c1-4(2)5(9)11-3-6(7,8)10/h10H,1,3H2,2H3. The Balaban J connectivity index is 3.73. The predicted molar refractivity (Wildman–Crippen MR) is 32.9 cm³/mol. The average Bonchev–Trinajstić information content (AvgIpc) is 1.80. The van der Waals surface area contributed by atoms with Gasteiger partial charge in [0.05, 0.1) is 0 Å². The molecular formula is C6H8F2O3. The third-order valence-corrected chi connectivity index (χ3v) is 0.725. The van der Waals surface area contributed by atoms with Crippen molar-refractivity contribution in [1.29, 1.82) is 0 Å². The fraction of sp³-hybridized carbons (Fsp3) is 0.500. The summed E-state index contributed by atoms with van der Waals surface area (Å²) in [6.45, 7) is 3.14. The molecule has 0 aromatic heterocycles. The van der Waals surface area contributed by atoms with E-state index >= 15 is 0 Å². The smallest absolute Gasteiger partial charge is 0.387 e. The molecule has 0 radical (unpaired) electrons. The molecule has 0 aromatic rings. The molecule has 1 N–H and O–H groups in total. The maximum absolute atomic E-state index is 11.6. The SMILES string of the molecule is C=C(C)C(=O)OCC(O)(F)F. The highest BCUT2D eigenvalue weighted by Gasteiger charge is 2.26. The van der Waals surface area contributed by atoms with E-state index in [9.17, 15) is 13.6 Å². The Kier molecular flexibility index (Phi) is 3.13. The monoisotopic (exact) mass is 166 g/mol. The Morgan fingerprint density at radius 1 is 1.73 bits per heavy atom. The molecule has 0 saturated heterocycles. The normalized spacial score (nSPS) is 10.9. The first-order valence-corrected chi connectivity index (χ1v) is 2.76. The van der Waals surface area contributed by atoms with Crippen molar-refractivity contribution in [3.8, 4) is 0 Å². The van der Waals surface area contributed by atoms with Gasteiger partial charge in [0.1, 0.15) is 0 Å². The summed E-state index contributed by atoms with van der Waals surface area (Å²) < 4.78 is 27.1. The lowest BCUT2D eigenvalue weighted by Gasteiger charge is -2.08. The number of rotatable bonds is 3. The first-order chi connectivity index (χ1) is 4.83. The van der Waals surface area contributed by atoms with Crippen molar-refractivity contribution in [2.45, 2.75) is 13.0 Å². The second-order valence-electron chi connectivity index (χ2n) is 2.02. The van der Waals surface area contributed by atoms with Crippen molar-refractivity contribution in [3.63, 3.8) is 0 Å². The summed E-state index contributed by atoms with van der Waals surface area (Å²) in [4.78, 5) is 10.4. The van der Waals surface area contributed by atoms with E-state index in [2.05, 4.69) is 11.3 Å². The Morgan fingerprint density at radius 3 is 2.45 bits per heavy atom. The zero-order chi connectivity index (χ0) is 9.07. The highest BCUT2D eigenvalue weighted by Crippen LogP contribution is 2.08. The van der Waals surface area contributed by atoms with Crippen molar-refractivity contribution in [2.24, 2.45) is 0 Å². The van der Waals surface area contributed by atoms with Gasteiger partial charge in [-0.2, -0.15) is 8.78 Å². The third-order valence-electron chi connectivity index (χ3n) is 0.725. The number of carbonyl (C=O) groups excluding carboxylic acids is 1. The van der Waals surface area contributed by atoms with Crippen molar-refractivity contribution >= 4 is 5.97 Å². The van der Waals surface area contributed by atoms with Gasteiger partial charge in [0.25, 0.3) is 0 Å². The van der Waals surface area contributed by atoms with Gasteiger partial charge in [-0.05, 0) is 6.92 Å². The molecule has 0 aliphatic heterocycles. The van der Waals surface area contributed by atoms with Crippen LogP contribution in [-0.4, -0.2) is 23.8 Å². The van der Waals surface area contributed by atoms with Crippen LogP contribution in [0.1, 0.15) is 6.92 Å². The summed E-state index contributed by atoms with van der Waals surface area (Å²) in [6.07, 6.45) is -3.97. The van der Waals surface area contributed by atoms with Crippen LogP contribution in [0.15, 0.2) is 12.2 Å². The number of aliphatic hydroxyl groups is 1. The van der Waals surface area contributed by atoms with Gasteiger partial charge < -0.3 is 9.84 Å². The number of alkyl halides is 2. The lowest BCUT2D eigenvalue weighted by atomic mass is 10.4. The minimum atomic E-state index is -3.97. The van der Waals surface area contributed by atoms with Gasteiger partial charge in [-0.3, -0.25) is 0 Å². The molecule has 5 heteroatoms. The van der Waals surface area contributed by atoms with Gasteiger partial charge >= 0.3 is 12.1 Å². The largest absolute Gasteiger partial charge is 0.453 e. The molecule has 0 fully saturated rings. The summed E-state index contributed by atoms with van der Waals surface area (Å²) in [5.41, 5.74) is 0.00856. The molecule has 0 rings (SSSR count). The van der Waals surface area contributed by atoms with E-state index < -0.39 is 18.7 Å². The van der Waals surface area contributed by atoms with Crippen LogP contribution < -0.4 is 0 Å². The molecule has 11 heavy (non-hydrogen) atoms. The molecule has 0 bridgehead atoms. The quantitative estimate of drug-likeness (QED) is 0.495. The molecular weight excluding hydrogens is 158 g/mol. The molecule has 0 aromatic carbocycles. The van der Waals surface area contributed by atoms with E-state index in [-0.39, 0.29) is 5.57 Å². The van der Waals surface area contributed by atoms with Crippen molar-refractivity contribution < 1.29 is 23.4 Å². The molecule has 0 unspecified atom stereocenters. The van der Waals surface area contributed by atoms with Gasteiger partial charge in [0.15, 0.2) is 6.61 Å².